The lowest BCUT2D eigenvalue weighted by atomic mass is 10.1. The molecule has 0 unspecified atom stereocenters. The quantitative estimate of drug-likeness (QED) is 0.792. The summed E-state index contributed by atoms with van der Waals surface area (Å²) in [7, 11) is 0. The van der Waals surface area contributed by atoms with E-state index in [-0.39, 0.29) is 0 Å². The Morgan fingerprint density at radius 2 is 2.10 bits per heavy atom. The van der Waals surface area contributed by atoms with Gasteiger partial charge in [0, 0.05) is 18.2 Å². The Bertz CT molecular complexity index is 675. The highest BCUT2D eigenvalue weighted by atomic mass is 32.1. The second kappa shape index (κ2) is 5.26. The zero-order valence-electron chi connectivity index (χ0n) is 11.9. The van der Waals surface area contributed by atoms with Crippen LogP contribution in [0.1, 0.15) is 52.5 Å². The van der Waals surface area contributed by atoms with Gasteiger partial charge in [-0.25, -0.2) is 4.98 Å². The van der Waals surface area contributed by atoms with E-state index in [1.807, 2.05) is 0 Å². The van der Waals surface area contributed by atoms with E-state index in [2.05, 4.69) is 29.2 Å². The van der Waals surface area contributed by atoms with Gasteiger partial charge in [0.25, 0.3) is 0 Å². The minimum Gasteiger partial charge on any atom is -0.318 e. The molecule has 1 fully saturated rings. The van der Waals surface area contributed by atoms with Crippen molar-refractivity contribution in [2.45, 2.75) is 38.0 Å². The van der Waals surface area contributed by atoms with Gasteiger partial charge in [-0.2, -0.15) is 0 Å². The van der Waals surface area contributed by atoms with Crippen LogP contribution in [0.2, 0.25) is 0 Å². The number of thiazole rings is 1. The SMILES string of the molecule is O=Cc1sc(N2CCCCc3ccccc32)nc1C1CC1. The van der Waals surface area contributed by atoms with Gasteiger partial charge in [-0.15, -0.1) is 0 Å². The highest BCUT2D eigenvalue weighted by molar-refractivity contribution is 7.17. The second-order valence-electron chi connectivity index (χ2n) is 5.88. The fraction of sp³-hybridized carbons (Fsp3) is 0.412. The number of anilines is 2. The third-order valence-electron chi connectivity index (χ3n) is 4.33. The predicted octanol–water partition coefficient (Wildman–Crippen LogP) is 4.31. The van der Waals surface area contributed by atoms with Crippen LogP contribution in [0.5, 0.6) is 0 Å². The number of nitrogens with zero attached hydrogens (tertiary/aromatic N) is 2. The molecule has 4 heteroatoms. The van der Waals surface area contributed by atoms with Gasteiger partial charge in [0.05, 0.1) is 10.6 Å². The first kappa shape index (κ1) is 13.0. The van der Waals surface area contributed by atoms with Crippen LogP contribution < -0.4 is 4.90 Å². The van der Waals surface area contributed by atoms with Gasteiger partial charge in [0.1, 0.15) is 0 Å². The molecule has 1 aliphatic heterocycles. The van der Waals surface area contributed by atoms with Crippen molar-refractivity contribution in [1.29, 1.82) is 0 Å². The molecule has 1 aliphatic carbocycles. The van der Waals surface area contributed by atoms with Crippen LogP contribution in [0.3, 0.4) is 0 Å². The maximum atomic E-state index is 11.3. The Balaban J connectivity index is 1.77. The van der Waals surface area contributed by atoms with Crippen LogP contribution in [0, 0.1) is 0 Å². The zero-order valence-corrected chi connectivity index (χ0v) is 12.7. The van der Waals surface area contributed by atoms with Gasteiger partial charge >= 0.3 is 0 Å². The Labute approximate surface area is 128 Å². The number of hydrogen-bond acceptors (Lipinski definition) is 4. The first-order chi connectivity index (χ1) is 10.4. The summed E-state index contributed by atoms with van der Waals surface area (Å²) in [5.74, 6) is 0.525. The van der Waals surface area contributed by atoms with Crippen molar-refractivity contribution in [1.82, 2.24) is 4.98 Å². The molecule has 1 aromatic carbocycles. The Kier molecular flexibility index (Phi) is 3.26. The van der Waals surface area contributed by atoms with Gasteiger partial charge in [0.2, 0.25) is 0 Å². The molecule has 108 valence electrons. The molecular formula is C17H18N2OS. The van der Waals surface area contributed by atoms with E-state index in [0.717, 1.165) is 35.0 Å². The summed E-state index contributed by atoms with van der Waals surface area (Å²) >= 11 is 1.55. The van der Waals surface area contributed by atoms with Crippen LogP contribution >= 0.6 is 11.3 Å². The average Bonchev–Trinajstić information content (AvgIpc) is 3.31. The molecule has 0 amide bonds. The summed E-state index contributed by atoms with van der Waals surface area (Å²) in [6, 6.07) is 8.59. The number of carbonyl (C=O) groups is 1. The summed E-state index contributed by atoms with van der Waals surface area (Å²) in [6.07, 6.45) is 6.87. The Morgan fingerprint density at radius 3 is 2.90 bits per heavy atom. The van der Waals surface area contributed by atoms with Gasteiger partial charge in [-0.3, -0.25) is 4.79 Å². The standard InChI is InChI=1S/C17H18N2OS/c20-11-15-16(13-8-9-13)18-17(21-15)19-10-4-3-6-12-5-1-2-7-14(12)19/h1-2,5,7,11,13H,3-4,6,8-10H2. The van der Waals surface area contributed by atoms with Crippen molar-refractivity contribution < 1.29 is 4.79 Å². The van der Waals surface area contributed by atoms with Crippen molar-refractivity contribution in [2.75, 3.05) is 11.4 Å². The van der Waals surface area contributed by atoms with Crippen LogP contribution in [-0.2, 0) is 6.42 Å². The molecule has 2 aliphatic rings. The lowest BCUT2D eigenvalue weighted by Gasteiger charge is -2.21. The van der Waals surface area contributed by atoms with Crippen molar-refractivity contribution in [3.63, 3.8) is 0 Å². The molecule has 0 N–H and O–H groups in total. The molecule has 3 nitrogen and oxygen atoms in total. The van der Waals surface area contributed by atoms with E-state index in [9.17, 15) is 4.79 Å². The van der Waals surface area contributed by atoms with Gasteiger partial charge < -0.3 is 4.90 Å². The molecule has 0 saturated heterocycles. The monoisotopic (exact) mass is 298 g/mol. The molecule has 2 aromatic rings. The van der Waals surface area contributed by atoms with Crippen molar-refractivity contribution in [2.24, 2.45) is 0 Å². The van der Waals surface area contributed by atoms with Crippen LogP contribution in [0.4, 0.5) is 10.8 Å². The molecule has 21 heavy (non-hydrogen) atoms. The van der Waals surface area contributed by atoms with E-state index < -0.39 is 0 Å². The molecule has 0 spiro atoms. The zero-order chi connectivity index (χ0) is 14.2. The smallest absolute Gasteiger partial charge is 0.190 e. The molecule has 4 rings (SSSR count). The van der Waals surface area contributed by atoms with Crippen LogP contribution in [0.15, 0.2) is 24.3 Å². The summed E-state index contributed by atoms with van der Waals surface area (Å²) in [5.41, 5.74) is 3.70. The first-order valence-corrected chi connectivity index (χ1v) is 8.50. The fourth-order valence-corrected chi connectivity index (χ4v) is 4.08. The van der Waals surface area contributed by atoms with E-state index in [4.69, 9.17) is 4.98 Å². The highest BCUT2D eigenvalue weighted by Crippen LogP contribution is 2.45. The van der Waals surface area contributed by atoms with E-state index >= 15 is 0 Å². The maximum absolute atomic E-state index is 11.3. The molecule has 0 bridgehead atoms. The number of rotatable bonds is 3. The molecule has 1 aromatic heterocycles. The lowest BCUT2D eigenvalue weighted by molar-refractivity contribution is 0.112. The molecular weight excluding hydrogens is 280 g/mol. The van der Waals surface area contributed by atoms with E-state index in [0.29, 0.717) is 5.92 Å². The first-order valence-electron chi connectivity index (χ1n) is 7.68. The van der Waals surface area contributed by atoms with Crippen LogP contribution in [0.25, 0.3) is 0 Å². The largest absolute Gasteiger partial charge is 0.318 e. The Morgan fingerprint density at radius 1 is 1.24 bits per heavy atom. The molecule has 2 heterocycles. The summed E-state index contributed by atoms with van der Waals surface area (Å²) in [4.78, 5) is 19.3. The fourth-order valence-electron chi connectivity index (χ4n) is 3.07. The van der Waals surface area contributed by atoms with Crippen molar-refractivity contribution >= 4 is 28.4 Å². The minimum atomic E-state index is 0.525. The van der Waals surface area contributed by atoms with Crippen molar-refractivity contribution in [3.8, 4) is 0 Å². The number of aromatic nitrogens is 1. The van der Waals surface area contributed by atoms with Gasteiger partial charge in [-0.1, -0.05) is 29.5 Å². The normalized spacial score (nSPS) is 18.2. The highest BCUT2D eigenvalue weighted by Gasteiger charge is 2.31. The topological polar surface area (TPSA) is 33.2 Å². The number of hydrogen-bond donors (Lipinski definition) is 0. The van der Waals surface area contributed by atoms with Gasteiger partial charge in [0.15, 0.2) is 11.4 Å². The van der Waals surface area contributed by atoms with E-state index in [1.54, 1.807) is 11.3 Å². The number of aldehydes is 1. The third kappa shape index (κ3) is 2.38. The second-order valence-corrected chi connectivity index (χ2v) is 6.88. The predicted molar refractivity (Wildman–Crippen MR) is 85.9 cm³/mol. The van der Waals surface area contributed by atoms with Crippen LogP contribution in [-0.4, -0.2) is 17.8 Å². The lowest BCUT2D eigenvalue weighted by Crippen LogP contribution is -2.17. The molecule has 0 radical (unpaired) electrons. The number of benzene rings is 1. The molecule has 0 atom stereocenters. The number of aryl methyl sites for hydroxylation is 1. The average molecular weight is 298 g/mol. The number of fused-ring (bicyclic) bond motifs is 1. The van der Waals surface area contributed by atoms with Gasteiger partial charge in [-0.05, 0) is 43.7 Å². The van der Waals surface area contributed by atoms with E-state index in [1.165, 1.54) is 36.9 Å². The summed E-state index contributed by atoms with van der Waals surface area (Å²) in [5, 5.41) is 0.994. The molecule has 1 saturated carbocycles. The number of para-hydroxylation sites is 1. The maximum Gasteiger partial charge on any atom is 0.190 e. The third-order valence-corrected chi connectivity index (χ3v) is 5.35. The Hall–Kier alpha value is -1.68. The van der Waals surface area contributed by atoms with Crippen molar-refractivity contribution in [3.05, 3.63) is 40.4 Å². The summed E-state index contributed by atoms with van der Waals surface area (Å²) < 4.78 is 0. The minimum absolute atomic E-state index is 0.525. The summed E-state index contributed by atoms with van der Waals surface area (Å²) in [6.45, 7) is 0.993. The number of carbonyl (C=O) groups excluding carboxylic acids is 1.